The smallest absolute Gasteiger partial charge is 0.305 e. The topological polar surface area (TPSA) is 63.6 Å². The first-order valence-electron chi connectivity index (χ1n) is 10.8. The third-order valence-corrected chi connectivity index (χ3v) is 8.43. The van der Waals surface area contributed by atoms with Crippen LogP contribution < -0.4 is 0 Å². The zero-order valence-electron chi connectivity index (χ0n) is 18.4. The quantitative estimate of drug-likeness (QED) is 0.311. The molecule has 3 aromatic carbocycles. The largest absolute Gasteiger partial charge is 0.465 e. The number of hydrogen-bond acceptors (Lipinski definition) is 3. The minimum atomic E-state index is -3.62. The van der Waals surface area contributed by atoms with E-state index in [4.69, 9.17) is 4.74 Å². The highest BCUT2D eigenvalue weighted by atomic mass is 31.2. The number of hydrogen-bond donors (Lipinski definition) is 1. The Morgan fingerprint density at radius 3 is 2.26 bits per heavy atom. The summed E-state index contributed by atoms with van der Waals surface area (Å²) in [6.45, 7) is 5.77. The molecule has 5 heteroatoms. The highest BCUT2D eigenvalue weighted by Gasteiger charge is 2.41. The first-order chi connectivity index (χ1) is 14.8. The normalized spacial score (nSPS) is 15.4. The summed E-state index contributed by atoms with van der Waals surface area (Å²) in [6, 6.07) is 23.5. The van der Waals surface area contributed by atoms with Gasteiger partial charge in [-0.3, -0.25) is 9.36 Å². The Bertz CT molecular complexity index is 1060. The molecule has 31 heavy (non-hydrogen) atoms. The average molecular weight is 439 g/mol. The van der Waals surface area contributed by atoms with Crippen molar-refractivity contribution < 1.29 is 19.0 Å². The van der Waals surface area contributed by atoms with Crippen LogP contribution in [0.3, 0.4) is 0 Å². The van der Waals surface area contributed by atoms with Gasteiger partial charge in [0.25, 0.3) is 0 Å². The van der Waals surface area contributed by atoms with Crippen molar-refractivity contribution in [1.29, 1.82) is 0 Å². The van der Waals surface area contributed by atoms with Crippen molar-refractivity contribution in [2.45, 2.75) is 44.9 Å². The second-order valence-electron chi connectivity index (χ2n) is 8.38. The van der Waals surface area contributed by atoms with Gasteiger partial charge in [0.15, 0.2) is 0 Å². The van der Waals surface area contributed by atoms with Crippen LogP contribution in [0.1, 0.15) is 44.2 Å². The zero-order valence-corrected chi connectivity index (χ0v) is 19.3. The molecule has 3 unspecified atom stereocenters. The van der Waals surface area contributed by atoms with Gasteiger partial charge in [-0.15, -0.1) is 0 Å². The van der Waals surface area contributed by atoms with E-state index in [-0.39, 0.29) is 37.0 Å². The van der Waals surface area contributed by atoms with Gasteiger partial charge in [0.2, 0.25) is 7.37 Å². The molecule has 4 nitrogen and oxygen atoms in total. The summed E-state index contributed by atoms with van der Waals surface area (Å²) < 4.78 is 19.3. The van der Waals surface area contributed by atoms with E-state index in [1.807, 2.05) is 80.6 Å². The molecule has 0 bridgehead atoms. The van der Waals surface area contributed by atoms with Crippen LogP contribution in [0, 0.1) is 5.92 Å². The number of benzene rings is 3. The number of carbonyl (C=O) groups excluding carboxylic acids is 1. The van der Waals surface area contributed by atoms with Gasteiger partial charge in [-0.2, -0.15) is 0 Å². The predicted octanol–water partition coefficient (Wildman–Crippen LogP) is 6.37. The fourth-order valence-electron chi connectivity index (χ4n) is 4.28. The van der Waals surface area contributed by atoms with Crippen molar-refractivity contribution in [3.05, 3.63) is 83.9 Å². The van der Waals surface area contributed by atoms with E-state index in [0.717, 1.165) is 21.9 Å². The Labute approximate surface area is 184 Å². The minimum absolute atomic E-state index is 0.0728. The molecule has 164 valence electrons. The van der Waals surface area contributed by atoms with Crippen LogP contribution in [0.2, 0.25) is 0 Å². The first-order valence-corrected chi connectivity index (χ1v) is 12.7. The Balaban J connectivity index is 2.02. The monoisotopic (exact) mass is 438 g/mol. The van der Waals surface area contributed by atoms with Crippen LogP contribution in [-0.2, 0) is 20.3 Å². The molecule has 0 aliphatic rings. The number of esters is 1. The van der Waals surface area contributed by atoms with Gasteiger partial charge in [0.05, 0.1) is 6.61 Å². The molecule has 1 N–H and O–H groups in total. The molecule has 0 saturated carbocycles. The molecule has 0 fully saturated rings. The fourth-order valence-corrected chi connectivity index (χ4v) is 6.97. The van der Waals surface area contributed by atoms with Gasteiger partial charge in [-0.1, -0.05) is 93.6 Å². The summed E-state index contributed by atoms with van der Waals surface area (Å²) in [4.78, 5) is 23.2. The standard InChI is InChI=1S/C26H31O4P/c1-4-25(27)30-17-24(23-15-14-21-12-8-9-13-22(21)16-23)26(19(2)3)31(28,29)18-20-10-6-5-7-11-20/h5-16,19,24,26H,4,17-18H2,1-3H3,(H,28,29). The van der Waals surface area contributed by atoms with Crippen LogP contribution in [0.4, 0.5) is 0 Å². The number of rotatable bonds is 9. The molecule has 0 spiro atoms. The van der Waals surface area contributed by atoms with Gasteiger partial charge in [-0.05, 0) is 27.8 Å². The van der Waals surface area contributed by atoms with Crippen molar-refractivity contribution in [1.82, 2.24) is 0 Å². The number of ether oxygens (including phenoxy) is 1. The highest BCUT2D eigenvalue weighted by molar-refractivity contribution is 7.58. The third-order valence-electron chi connectivity index (χ3n) is 5.73. The second-order valence-corrected chi connectivity index (χ2v) is 10.8. The summed E-state index contributed by atoms with van der Waals surface area (Å²) in [7, 11) is -3.62. The summed E-state index contributed by atoms with van der Waals surface area (Å²) in [5.41, 5.74) is 1.21. The van der Waals surface area contributed by atoms with Crippen molar-refractivity contribution in [3.8, 4) is 0 Å². The second kappa shape index (κ2) is 10.3. The van der Waals surface area contributed by atoms with E-state index in [1.54, 1.807) is 6.92 Å². The molecule has 0 aliphatic heterocycles. The molecule has 3 aromatic rings. The Morgan fingerprint density at radius 1 is 0.968 bits per heavy atom. The summed E-state index contributed by atoms with van der Waals surface area (Å²) in [6.07, 6.45) is 0.375. The third kappa shape index (κ3) is 5.84. The lowest BCUT2D eigenvalue weighted by atomic mass is 9.89. The van der Waals surface area contributed by atoms with E-state index < -0.39 is 13.0 Å². The van der Waals surface area contributed by atoms with Crippen LogP contribution >= 0.6 is 7.37 Å². The Morgan fingerprint density at radius 2 is 1.61 bits per heavy atom. The summed E-state index contributed by atoms with van der Waals surface area (Å²) >= 11 is 0. The molecule has 0 aliphatic carbocycles. The predicted molar refractivity (Wildman–Crippen MR) is 127 cm³/mol. The lowest BCUT2D eigenvalue weighted by Crippen LogP contribution is -2.30. The van der Waals surface area contributed by atoms with Gasteiger partial charge in [0.1, 0.15) is 0 Å². The van der Waals surface area contributed by atoms with Crippen molar-refractivity contribution in [2.75, 3.05) is 6.61 Å². The lowest BCUT2D eigenvalue weighted by Gasteiger charge is -2.34. The zero-order chi connectivity index (χ0) is 22.4. The van der Waals surface area contributed by atoms with E-state index in [1.165, 1.54) is 0 Å². The van der Waals surface area contributed by atoms with Crippen molar-refractivity contribution in [2.24, 2.45) is 5.92 Å². The highest BCUT2D eigenvalue weighted by Crippen LogP contribution is 2.57. The molecule has 0 amide bonds. The number of fused-ring (bicyclic) bond motifs is 1. The van der Waals surface area contributed by atoms with Crippen LogP contribution in [-0.4, -0.2) is 23.1 Å². The Kier molecular flexibility index (Phi) is 7.69. The van der Waals surface area contributed by atoms with E-state index in [9.17, 15) is 14.3 Å². The van der Waals surface area contributed by atoms with E-state index in [2.05, 4.69) is 6.07 Å². The minimum Gasteiger partial charge on any atom is -0.465 e. The molecular formula is C26H31O4P. The summed E-state index contributed by atoms with van der Waals surface area (Å²) in [5.74, 6) is -0.750. The van der Waals surface area contributed by atoms with Gasteiger partial charge < -0.3 is 9.63 Å². The number of carbonyl (C=O) groups is 1. The lowest BCUT2D eigenvalue weighted by molar-refractivity contribution is -0.143. The maximum Gasteiger partial charge on any atom is 0.305 e. The molecule has 0 aromatic heterocycles. The molecular weight excluding hydrogens is 407 g/mol. The molecule has 0 heterocycles. The first kappa shape index (κ1) is 23.2. The Hall–Kier alpha value is -2.42. The van der Waals surface area contributed by atoms with E-state index in [0.29, 0.717) is 0 Å². The average Bonchev–Trinajstić information content (AvgIpc) is 2.75. The molecule has 3 atom stereocenters. The SMILES string of the molecule is CCC(=O)OCC(c1ccc2ccccc2c1)C(C(C)C)P(=O)(O)Cc1ccccc1. The summed E-state index contributed by atoms with van der Waals surface area (Å²) in [5, 5.41) is 2.17. The van der Waals surface area contributed by atoms with Crippen molar-refractivity contribution >= 4 is 24.1 Å². The van der Waals surface area contributed by atoms with Crippen molar-refractivity contribution in [3.63, 3.8) is 0 Å². The maximum atomic E-state index is 13.7. The van der Waals surface area contributed by atoms with Gasteiger partial charge >= 0.3 is 5.97 Å². The molecule has 0 radical (unpaired) electrons. The van der Waals surface area contributed by atoms with E-state index >= 15 is 0 Å². The van der Waals surface area contributed by atoms with Gasteiger partial charge in [0, 0.05) is 24.2 Å². The molecule has 0 saturated heterocycles. The molecule has 3 rings (SSSR count). The fraction of sp³-hybridized carbons (Fsp3) is 0.346. The van der Waals surface area contributed by atoms with Crippen LogP contribution in [0.5, 0.6) is 0 Å². The van der Waals surface area contributed by atoms with Gasteiger partial charge in [-0.25, -0.2) is 0 Å². The van der Waals surface area contributed by atoms with Crippen LogP contribution in [0.25, 0.3) is 10.8 Å². The maximum absolute atomic E-state index is 13.7. The van der Waals surface area contributed by atoms with Crippen LogP contribution in [0.15, 0.2) is 72.8 Å².